The maximum Gasteiger partial charge on any atom is 0.326 e. The number of nitrogens with zero attached hydrogens (tertiary/aromatic N) is 1. The molecule has 7 N–H and O–H groups in total. The number of aromatic amines is 1. The lowest BCUT2D eigenvalue weighted by atomic mass is 9.99. The summed E-state index contributed by atoms with van der Waals surface area (Å²) in [6, 6.07) is 4.98. The summed E-state index contributed by atoms with van der Waals surface area (Å²) in [6.45, 7) is 7.14. The molecule has 11 heteroatoms. The lowest BCUT2D eigenvalue weighted by Gasteiger charge is -2.27. The Bertz CT molecular complexity index is 1010. The average Bonchev–Trinajstić information content (AvgIpc) is 3.34. The summed E-state index contributed by atoms with van der Waals surface area (Å²) in [4.78, 5) is 57.4. The van der Waals surface area contributed by atoms with Crippen molar-refractivity contribution in [2.45, 2.75) is 64.7 Å². The topological polar surface area (TPSA) is 179 Å². The Morgan fingerprint density at radius 2 is 1.53 bits per heavy atom. The molecule has 0 aliphatic carbocycles. The quantitative estimate of drug-likeness (QED) is 0.230. The molecule has 1 aromatic heterocycles. The van der Waals surface area contributed by atoms with Crippen LogP contribution in [0.4, 0.5) is 0 Å². The summed E-state index contributed by atoms with van der Waals surface area (Å²) in [7, 11) is 0. The Morgan fingerprint density at radius 3 is 2.06 bits per heavy atom. The van der Waals surface area contributed by atoms with Crippen molar-refractivity contribution >= 4 is 23.7 Å². The number of aliphatic carboxylic acids is 1. The molecule has 0 saturated carbocycles. The molecule has 1 aromatic carbocycles. The third-order valence-electron chi connectivity index (χ3n) is 5.78. The molecule has 0 saturated heterocycles. The van der Waals surface area contributed by atoms with Crippen molar-refractivity contribution in [1.29, 1.82) is 0 Å². The number of amides is 3. The van der Waals surface area contributed by atoms with Crippen molar-refractivity contribution < 1.29 is 24.3 Å². The summed E-state index contributed by atoms with van der Waals surface area (Å²) in [5, 5.41) is 17.5. The molecule has 0 radical (unpaired) electrons. The van der Waals surface area contributed by atoms with E-state index >= 15 is 0 Å². The summed E-state index contributed by atoms with van der Waals surface area (Å²) < 4.78 is 0. The summed E-state index contributed by atoms with van der Waals surface area (Å²) in [6.07, 6.45) is 3.01. The van der Waals surface area contributed by atoms with Gasteiger partial charge in [0.05, 0.1) is 12.4 Å². The van der Waals surface area contributed by atoms with Crippen LogP contribution in [0.15, 0.2) is 42.9 Å². The molecule has 36 heavy (non-hydrogen) atoms. The highest BCUT2D eigenvalue weighted by atomic mass is 16.4. The van der Waals surface area contributed by atoms with Crippen molar-refractivity contribution in [3.63, 3.8) is 0 Å². The van der Waals surface area contributed by atoms with Crippen molar-refractivity contribution in [3.8, 4) is 0 Å². The highest BCUT2D eigenvalue weighted by Crippen LogP contribution is 2.09. The SMILES string of the molecule is CC(C)C(N)C(=O)NC(C(=O)NC(Cc1ccccc1)C(=O)NC(Cc1cnc[nH]1)C(=O)O)C(C)C. The number of imidazole rings is 1. The molecular weight excluding hydrogens is 464 g/mol. The molecule has 0 fully saturated rings. The van der Waals surface area contributed by atoms with E-state index in [9.17, 15) is 24.3 Å². The Kier molecular flexibility index (Phi) is 10.6. The predicted molar refractivity (Wildman–Crippen MR) is 134 cm³/mol. The molecule has 3 amide bonds. The van der Waals surface area contributed by atoms with Crippen LogP contribution in [-0.4, -0.2) is 62.9 Å². The van der Waals surface area contributed by atoms with E-state index in [4.69, 9.17) is 5.73 Å². The van der Waals surface area contributed by atoms with Gasteiger partial charge in [0.1, 0.15) is 18.1 Å². The fraction of sp³-hybridized carbons (Fsp3) is 0.480. The van der Waals surface area contributed by atoms with Crippen LogP contribution in [0, 0.1) is 11.8 Å². The molecule has 0 aliphatic heterocycles. The van der Waals surface area contributed by atoms with E-state index in [1.54, 1.807) is 52.0 Å². The average molecular weight is 501 g/mol. The molecule has 0 spiro atoms. The van der Waals surface area contributed by atoms with Crippen molar-refractivity contribution in [3.05, 3.63) is 54.1 Å². The Balaban J connectivity index is 2.22. The number of hydrogen-bond acceptors (Lipinski definition) is 6. The number of nitrogens with two attached hydrogens (primary N) is 1. The second-order valence-corrected chi connectivity index (χ2v) is 9.43. The molecular formula is C25H36N6O5. The second-order valence-electron chi connectivity index (χ2n) is 9.43. The Morgan fingerprint density at radius 1 is 0.889 bits per heavy atom. The Labute approximate surface area is 210 Å². The third-order valence-corrected chi connectivity index (χ3v) is 5.78. The van der Waals surface area contributed by atoms with Crippen LogP contribution in [0.1, 0.15) is 39.0 Å². The van der Waals surface area contributed by atoms with Crippen molar-refractivity contribution in [1.82, 2.24) is 25.9 Å². The van der Waals surface area contributed by atoms with Gasteiger partial charge in [0.25, 0.3) is 0 Å². The number of nitrogens with one attached hydrogen (secondary N) is 4. The largest absolute Gasteiger partial charge is 0.480 e. The van der Waals surface area contributed by atoms with Gasteiger partial charge in [-0.3, -0.25) is 14.4 Å². The minimum absolute atomic E-state index is 0.00908. The van der Waals surface area contributed by atoms with E-state index in [-0.39, 0.29) is 24.7 Å². The fourth-order valence-electron chi connectivity index (χ4n) is 3.50. The van der Waals surface area contributed by atoms with Crippen LogP contribution < -0.4 is 21.7 Å². The molecule has 4 atom stereocenters. The van der Waals surface area contributed by atoms with Gasteiger partial charge in [0.15, 0.2) is 0 Å². The zero-order valence-electron chi connectivity index (χ0n) is 21.0. The van der Waals surface area contributed by atoms with Gasteiger partial charge in [-0.2, -0.15) is 0 Å². The van der Waals surface area contributed by atoms with Gasteiger partial charge in [-0.25, -0.2) is 9.78 Å². The van der Waals surface area contributed by atoms with Crippen LogP contribution in [0.5, 0.6) is 0 Å². The lowest BCUT2D eigenvalue weighted by Crippen LogP contribution is -2.59. The van der Waals surface area contributed by atoms with E-state index in [0.29, 0.717) is 5.69 Å². The molecule has 0 bridgehead atoms. The van der Waals surface area contributed by atoms with Gasteiger partial charge in [0, 0.05) is 24.7 Å². The summed E-state index contributed by atoms with van der Waals surface area (Å²) >= 11 is 0. The molecule has 4 unspecified atom stereocenters. The van der Waals surface area contributed by atoms with Crippen LogP contribution in [0.2, 0.25) is 0 Å². The molecule has 0 aliphatic rings. The lowest BCUT2D eigenvalue weighted by molar-refractivity contribution is -0.142. The first-order valence-electron chi connectivity index (χ1n) is 11.9. The first-order chi connectivity index (χ1) is 17.0. The zero-order valence-corrected chi connectivity index (χ0v) is 21.0. The predicted octanol–water partition coefficient (Wildman–Crippen LogP) is 0.373. The highest BCUT2D eigenvalue weighted by molar-refractivity contribution is 5.94. The molecule has 196 valence electrons. The maximum absolute atomic E-state index is 13.2. The number of carbonyl (C=O) groups is 4. The van der Waals surface area contributed by atoms with Crippen LogP contribution in [-0.2, 0) is 32.0 Å². The number of carboxylic acid groups (broad SMARTS) is 1. The normalized spacial score (nSPS) is 14.5. The van der Waals surface area contributed by atoms with E-state index in [1.165, 1.54) is 12.5 Å². The van der Waals surface area contributed by atoms with Crippen molar-refractivity contribution in [2.24, 2.45) is 17.6 Å². The first kappa shape index (κ1) is 28.5. The number of carboxylic acids is 1. The van der Waals surface area contributed by atoms with Crippen LogP contribution in [0.3, 0.4) is 0 Å². The second kappa shape index (κ2) is 13.4. The smallest absolute Gasteiger partial charge is 0.326 e. The number of rotatable bonds is 13. The Hall–Kier alpha value is -3.73. The van der Waals surface area contributed by atoms with Crippen molar-refractivity contribution in [2.75, 3.05) is 0 Å². The van der Waals surface area contributed by atoms with Gasteiger partial charge in [-0.1, -0.05) is 58.0 Å². The minimum atomic E-state index is -1.24. The number of H-pyrrole nitrogens is 1. The highest BCUT2D eigenvalue weighted by Gasteiger charge is 2.32. The van der Waals surface area contributed by atoms with Gasteiger partial charge in [-0.05, 0) is 17.4 Å². The third kappa shape index (κ3) is 8.49. The van der Waals surface area contributed by atoms with E-state index in [1.807, 2.05) is 6.07 Å². The van der Waals surface area contributed by atoms with E-state index < -0.39 is 47.9 Å². The standard InChI is InChI=1S/C25H36N6O5/c1-14(2)20(26)23(33)31-21(15(3)4)24(34)29-18(10-16-8-6-5-7-9-16)22(32)30-19(25(35)36)11-17-12-27-13-28-17/h5-9,12-15,18-21H,10-11,26H2,1-4H3,(H,27,28)(H,29,34)(H,30,32)(H,31,33)(H,35,36). The summed E-state index contributed by atoms with van der Waals surface area (Å²) in [5.74, 6) is -3.33. The number of hydrogen-bond donors (Lipinski definition) is 6. The number of benzene rings is 1. The van der Waals surface area contributed by atoms with Gasteiger partial charge in [0.2, 0.25) is 17.7 Å². The fourth-order valence-corrected chi connectivity index (χ4v) is 3.50. The maximum atomic E-state index is 13.2. The van der Waals surface area contributed by atoms with Gasteiger partial charge >= 0.3 is 5.97 Å². The van der Waals surface area contributed by atoms with E-state index in [2.05, 4.69) is 25.9 Å². The molecule has 1 heterocycles. The first-order valence-corrected chi connectivity index (χ1v) is 11.9. The van der Waals surface area contributed by atoms with Crippen LogP contribution in [0.25, 0.3) is 0 Å². The van der Waals surface area contributed by atoms with E-state index in [0.717, 1.165) is 5.56 Å². The monoisotopic (exact) mass is 500 g/mol. The van der Waals surface area contributed by atoms with Gasteiger partial charge < -0.3 is 31.8 Å². The molecule has 2 aromatic rings. The number of carbonyl (C=O) groups excluding carboxylic acids is 3. The molecule has 2 rings (SSSR count). The summed E-state index contributed by atoms with van der Waals surface area (Å²) in [5.41, 5.74) is 7.23. The van der Waals surface area contributed by atoms with Gasteiger partial charge in [-0.15, -0.1) is 0 Å². The number of aromatic nitrogens is 2. The molecule has 11 nitrogen and oxygen atoms in total. The van der Waals surface area contributed by atoms with Crippen LogP contribution >= 0.6 is 0 Å². The minimum Gasteiger partial charge on any atom is -0.480 e. The zero-order chi connectivity index (χ0) is 26.8.